The van der Waals surface area contributed by atoms with Crippen LogP contribution >= 0.6 is 0 Å². The number of phenols is 1. The maximum atomic E-state index is 9.34. The molecule has 0 aliphatic carbocycles. The summed E-state index contributed by atoms with van der Waals surface area (Å²) in [4.78, 5) is 4.24. The first-order chi connectivity index (χ1) is 7.70. The van der Waals surface area contributed by atoms with E-state index in [2.05, 4.69) is 15.5 Å². The maximum Gasteiger partial charge on any atom is 0.243 e. The molecule has 0 aliphatic heterocycles. The minimum absolute atomic E-state index is 0.0126. The molecule has 0 spiro atoms. The first kappa shape index (κ1) is 10.6. The van der Waals surface area contributed by atoms with Gasteiger partial charge in [0.15, 0.2) is 0 Å². The van der Waals surface area contributed by atoms with Gasteiger partial charge in [-0.1, -0.05) is 17.3 Å². The van der Waals surface area contributed by atoms with Gasteiger partial charge in [0, 0.05) is 5.56 Å². The Kier molecular flexibility index (Phi) is 2.87. The third-order valence-electron chi connectivity index (χ3n) is 2.35. The number of nitrogens with zero attached hydrogens (tertiary/aromatic N) is 2. The van der Waals surface area contributed by atoms with Gasteiger partial charge in [-0.3, -0.25) is 0 Å². The van der Waals surface area contributed by atoms with E-state index in [0.717, 1.165) is 5.56 Å². The molecule has 5 nitrogen and oxygen atoms in total. The number of aromatic hydroxyl groups is 1. The summed E-state index contributed by atoms with van der Waals surface area (Å²) in [6.07, 6.45) is 0. The summed E-state index contributed by atoms with van der Waals surface area (Å²) in [5, 5.41) is 16.2. The van der Waals surface area contributed by atoms with E-state index >= 15 is 0 Å². The lowest BCUT2D eigenvalue weighted by Gasteiger charge is -2.01. The highest BCUT2D eigenvalue weighted by molar-refractivity contribution is 5.56. The van der Waals surface area contributed by atoms with E-state index in [4.69, 9.17) is 4.52 Å². The van der Waals surface area contributed by atoms with Crippen molar-refractivity contribution in [1.82, 2.24) is 15.5 Å². The molecule has 0 bridgehead atoms. The molecule has 0 fully saturated rings. The summed E-state index contributed by atoms with van der Waals surface area (Å²) >= 11 is 0. The van der Waals surface area contributed by atoms with Crippen LogP contribution in [0.5, 0.6) is 5.75 Å². The minimum atomic E-state index is 0.0126. The lowest BCUT2D eigenvalue weighted by Crippen LogP contribution is -2.12. The molecule has 2 rings (SSSR count). The van der Waals surface area contributed by atoms with E-state index in [1.807, 2.05) is 20.0 Å². The Hall–Kier alpha value is -1.88. The minimum Gasteiger partial charge on any atom is -0.508 e. The van der Waals surface area contributed by atoms with Gasteiger partial charge in [0.05, 0.1) is 6.04 Å². The van der Waals surface area contributed by atoms with Gasteiger partial charge in [-0.2, -0.15) is 4.98 Å². The van der Waals surface area contributed by atoms with Crippen molar-refractivity contribution < 1.29 is 9.63 Å². The number of hydrogen-bond acceptors (Lipinski definition) is 5. The second-order valence-electron chi connectivity index (χ2n) is 3.52. The van der Waals surface area contributed by atoms with Crippen LogP contribution in [0.15, 0.2) is 28.8 Å². The fourth-order valence-corrected chi connectivity index (χ4v) is 1.30. The third kappa shape index (κ3) is 2.04. The van der Waals surface area contributed by atoms with Crippen molar-refractivity contribution in [2.24, 2.45) is 0 Å². The molecule has 84 valence electrons. The van der Waals surface area contributed by atoms with Crippen LogP contribution in [0.2, 0.25) is 0 Å². The first-order valence-corrected chi connectivity index (χ1v) is 5.01. The van der Waals surface area contributed by atoms with E-state index < -0.39 is 0 Å². The highest BCUT2D eigenvalue weighted by atomic mass is 16.5. The quantitative estimate of drug-likeness (QED) is 0.822. The first-order valence-electron chi connectivity index (χ1n) is 5.01. The summed E-state index contributed by atoms with van der Waals surface area (Å²) in [6.45, 7) is 1.93. The van der Waals surface area contributed by atoms with Gasteiger partial charge < -0.3 is 14.9 Å². The van der Waals surface area contributed by atoms with Gasteiger partial charge in [0.1, 0.15) is 5.75 Å². The summed E-state index contributed by atoms with van der Waals surface area (Å²) in [7, 11) is 1.82. The molecule has 1 atom stereocenters. The molecule has 1 aromatic carbocycles. The molecule has 0 aliphatic rings. The molecule has 0 saturated heterocycles. The number of rotatable bonds is 3. The Morgan fingerprint density at radius 1 is 1.44 bits per heavy atom. The molecule has 1 unspecified atom stereocenters. The van der Waals surface area contributed by atoms with E-state index in [-0.39, 0.29) is 11.8 Å². The van der Waals surface area contributed by atoms with Crippen molar-refractivity contribution in [3.8, 4) is 17.1 Å². The fraction of sp³-hybridized carbons (Fsp3) is 0.273. The maximum absolute atomic E-state index is 9.34. The van der Waals surface area contributed by atoms with E-state index in [1.54, 1.807) is 18.2 Å². The number of benzene rings is 1. The number of nitrogens with one attached hydrogen (secondary N) is 1. The van der Waals surface area contributed by atoms with Crippen molar-refractivity contribution in [2.45, 2.75) is 13.0 Å². The molecule has 0 radical (unpaired) electrons. The second-order valence-corrected chi connectivity index (χ2v) is 3.52. The van der Waals surface area contributed by atoms with Crippen molar-refractivity contribution >= 4 is 0 Å². The van der Waals surface area contributed by atoms with Crippen molar-refractivity contribution in [2.75, 3.05) is 7.05 Å². The summed E-state index contributed by atoms with van der Waals surface area (Å²) < 4.78 is 5.11. The predicted octanol–water partition coefficient (Wildman–Crippen LogP) is 1.72. The normalized spacial score (nSPS) is 12.6. The largest absolute Gasteiger partial charge is 0.508 e. The smallest absolute Gasteiger partial charge is 0.243 e. The predicted molar refractivity (Wildman–Crippen MR) is 58.9 cm³/mol. The van der Waals surface area contributed by atoms with Crippen LogP contribution in [0.1, 0.15) is 18.9 Å². The zero-order valence-electron chi connectivity index (χ0n) is 9.14. The monoisotopic (exact) mass is 219 g/mol. The lowest BCUT2D eigenvalue weighted by molar-refractivity contribution is 0.347. The highest BCUT2D eigenvalue weighted by Gasteiger charge is 2.13. The Morgan fingerprint density at radius 2 is 2.25 bits per heavy atom. The van der Waals surface area contributed by atoms with Crippen LogP contribution in [-0.2, 0) is 0 Å². The van der Waals surface area contributed by atoms with Crippen LogP contribution in [0.25, 0.3) is 11.4 Å². The molecule has 16 heavy (non-hydrogen) atoms. The van der Waals surface area contributed by atoms with Crippen LogP contribution in [0, 0.1) is 0 Å². The average molecular weight is 219 g/mol. The van der Waals surface area contributed by atoms with Gasteiger partial charge in [-0.15, -0.1) is 0 Å². The van der Waals surface area contributed by atoms with E-state index in [9.17, 15) is 5.11 Å². The molecular weight excluding hydrogens is 206 g/mol. The summed E-state index contributed by atoms with van der Waals surface area (Å²) in [5.74, 6) is 1.19. The third-order valence-corrected chi connectivity index (χ3v) is 2.35. The summed E-state index contributed by atoms with van der Waals surface area (Å²) in [5.41, 5.74) is 0.735. The summed E-state index contributed by atoms with van der Waals surface area (Å²) in [6, 6.07) is 6.76. The van der Waals surface area contributed by atoms with Crippen LogP contribution in [0.4, 0.5) is 0 Å². The second kappa shape index (κ2) is 4.32. The number of hydrogen-bond donors (Lipinski definition) is 2. The molecule has 1 aromatic heterocycles. The Bertz CT molecular complexity index is 482. The molecule has 2 aromatic rings. The Morgan fingerprint density at radius 3 is 2.94 bits per heavy atom. The average Bonchev–Trinajstić information content (AvgIpc) is 2.77. The van der Waals surface area contributed by atoms with Gasteiger partial charge in [0.2, 0.25) is 11.7 Å². The molecule has 5 heteroatoms. The molecule has 2 N–H and O–H groups in total. The topological polar surface area (TPSA) is 71.2 Å². The molecule has 0 saturated carbocycles. The van der Waals surface area contributed by atoms with E-state index in [1.165, 1.54) is 0 Å². The number of aromatic nitrogens is 2. The Labute approximate surface area is 93.1 Å². The lowest BCUT2D eigenvalue weighted by atomic mass is 10.2. The zero-order valence-corrected chi connectivity index (χ0v) is 9.14. The van der Waals surface area contributed by atoms with Crippen LogP contribution < -0.4 is 5.32 Å². The SMILES string of the molecule is CNC(C)c1nc(-c2cccc(O)c2)no1. The highest BCUT2D eigenvalue weighted by Crippen LogP contribution is 2.21. The van der Waals surface area contributed by atoms with Crippen LogP contribution in [0.3, 0.4) is 0 Å². The van der Waals surface area contributed by atoms with E-state index in [0.29, 0.717) is 11.7 Å². The number of phenolic OH excluding ortho intramolecular Hbond substituents is 1. The van der Waals surface area contributed by atoms with Crippen molar-refractivity contribution in [3.05, 3.63) is 30.2 Å². The zero-order chi connectivity index (χ0) is 11.5. The Balaban J connectivity index is 2.31. The van der Waals surface area contributed by atoms with Gasteiger partial charge in [0.25, 0.3) is 0 Å². The molecule has 1 heterocycles. The van der Waals surface area contributed by atoms with Crippen molar-refractivity contribution in [3.63, 3.8) is 0 Å². The van der Waals surface area contributed by atoms with Crippen LogP contribution in [-0.4, -0.2) is 22.3 Å². The van der Waals surface area contributed by atoms with Gasteiger partial charge >= 0.3 is 0 Å². The molecular formula is C11H13N3O2. The van der Waals surface area contributed by atoms with Crippen molar-refractivity contribution in [1.29, 1.82) is 0 Å². The standard InChI is InChI=1S/C11H13N3O2/c1-7(12-2)11-13-10(14-16-11)8-4-3-5-9(15)6-8/h3-7,12,15H,1-2H3. The fourth-order valence-electron chi connectivity index (χ4n) is 1.30. The van der Waals surface area contributed by atoms with Gasteiger partial charge in [-0.05, 0) is 26.1 Å². The molecule has 0 amide bonds. The van der Waals surface area contributed by atoms with Gasteiger partial charge in [-0.25, -0.2) is 0 Å².